The van der Waals surface area contributed by atoms with Crippen molar-refractivity contribution in [3.05, 3.63) is 4.73 Å². The van der Waals surface area contributed by atoms with E-state index in [1.54, 1.807) is 0 Å². The molecule has 3 rings (SSSR count). The maximum atomic E-state index is 5.34. The van der Waals surface area contributed by atoms with Crippen molar-refractivity contribution in [3.8, 4) is 0 Å². The maximum absolute atomic E-state index is 5.34. The lowest BCUT2D eigenvalue weighted by Gasteiger charge is -2.28. The number of rotatable bonds is 2. The molecular weight excluding hydrogens is 292 g/mol. The number of morpholine rings is 1. The Morgan fingerprint density at radius 2 is 2.25 bits per heavy atom. The second-order valence-corrected chi connectivity index (χ2v) is 5.98. The summed E-state index contributed by atoms with van der Waals surface area (Å²) in [6, 6.07) is 0. The molecule has 3 heterocycles. The molecule has 0 aliphatic carbocycles. The van der Waals surface area contributed by atoms with Gasteiger partial charge < -0.3 is 4.74 Å². The fourth-order valence-corrected chi connectivity index (χ4v) is 3.71. The number of nitrogens with zero attached hydrogens (tertiary/aromatic N) is 4. The lowest BCUT2D eigenvalue weighted by atomic mass is 10.3. The van der Waals surface area contributed by atoms with E-state index < -0.39 is 0 Å². The van der Waals surface area contributed by atoms with Crippen molar-refractivity contribution in [1.82, 2.24) is 19.7 Å². The predicted molar refractivity (Wildman–Crippen MR) is 64.6 cm³/mol. The molecule has 1 fully saturated rings. The molecule has 0 saturated carbocycles. The van der Waals surface area contributed by atoms with E-state index in [4.69, 9.17) is 4.74 Å². The standard InChI is InChI=1S/C9H13BrN4OS/c10-8-11-9-14(12-8)6-7(16-9)5-13-1-3-15-4-2-13/h7H,1-6H2. The summed E-state index contributed by atoms with van der Waals surface area (Å²) in [7, 11) is 0. The maximum Gasteiger partial charge on any atom is 0.218 e. The molecule has 2 aliphatic heterocycles. The highest BCUT2D eigenvalue weighted by molar-refractivity contribution is 9.10. The number of fused-ring (bicyclic) bond motifs is 1. The van der Waals surface area contributed by atoms with Gasteiger partial charge in [-0.3, -0.25) is 4.90 Å². The van der Waals surface area contributed by atoms with E-state index >= 15 is 0 Å². The molecule has 0 amide bonds. The molecule has 2 aliphatic rings. The lowest BCUT2D eigenvalue weighted by Crippen LogP contribution is -2.40. The molecule has 1 aromatic rings. The van der Waals surface area contributed by atoms with Gasteiger partial charge >= 0.3 is 0 Å². The Hall–Kier alpha value is -0.110. The van der Waals surface area contributed by atoms with Crippen molar-refractivity contribution in [1.29, 1.82) is 0 Å². The third kappa shape index (κ3) is 2.27. The lowest BCUT2D eigenvalue weighted by molar-refractivity contribution is 0.0378. The van der Waals surface area contributed by atoms with Crippen LogP contribution in [0.4, 0.5) is 0 Å². The zero-order valence-corrected chi connectivity index (χ0v) is 11.2. The van der Waals surface area contributed by atoms with Crippen molar-refractivity contribution in [2.24, 2.45) is 0 Å². The van der Waals surface area contributed by atoms with Crippen LogP contribution in [0.15, 0.2) is 9.89 Å². The van der Waals surface area contributed by atoms with Gasteiger partial charge in [-0.25, -0.2) is 4.68 Å². The largest absolute Gasteiger partial charge is 0.379 e. The summed E-state index contributed by atoms with van der Waals surface area (Å²) in [5, 5.41) is 5.91. The quantitative estimate of drug-likeness (QED) is 0.810. The Kier molecular flexibility index (Phi) is 3.19. The minimum Gasteiger partial charge on any atom is -0.379 e. The molecule has 16 heavy (non-hydrogen) atoms. The monoisotopic (exact) mass is 304 g/mol. The average Bonchev–Trinajstić information content (AvgIpc) is 2.76. The summed E-state index contributed by atoms with van der Waals surface area (Å²) >= 11 is 5.12. The van der Waals surface area contributed by atoms with Gasteiger partial charge in [-0.1, -0.05) is 11.8 Å². The third-order valence-corrected chi connectivity index (χ3v) is 4.31. The van der Waals surface area contributed by atoms with Crippen molar-refractivity contribution in [3.63, 3.8) is 0 Å². The zero-order chi connectivity index (χ0) is 11.0. The summed E-state index contributed by atoms with van der Waals surface area (Å²) < 4.78 is 8.02. The first-order chi connectivity index (χ1) is 7.81. The van der Waals surface area contributed by atoms with E-state index in [-0.39, 0.29) is 0 Å². The first-order valence-corrected chi connectivity index (χ1v) is 7.05. The van der Waals surface area contributed by atoms with Crippen molar-refractivity contribution in [2.75, 3.05) is 32.8 Å². The first kappa shape index (κ1) is 11.0. The molecule has 1 atom stereocenters. The number of hydrogen-bond donors (Lipinski definition) is 0. The van der Waals surface area contributed by atoms with Crippen LogP contribution >= 0.6 is 27.7 Å². The van der Waals surface area contributed by atoms with Gasteiger partial charge in [-0.15, -0.1) is 5.10 Å². The molecule has 0 bridgehead atoms. The highest BCUT2D eigenvalue weighted by Gasteiger charge is 2.27. The van der Waals surface area contributed by atoms with Crippen LogP contribution in [-0.2, 0) is 11.3 Å². The highest BCUT2D eigenvalue weighted by Crippen LogP contribution is 2.31. The molecule has 1 aromatic heterocycles. The summed E-state index contributed by atoms with van der Waals surface area (Å²) in [6.45, 7) is 5.91. The molecule has 1 saturated heterocycles. The second kappa shape index (κ2) is 4.64. The average molecular weight is 305 g/mol. The Labute approximate surface area is 107 Å². The predicted octanol–water partition coefficient (Wildman–Crippen LogP) is 0.847. The van der Waals surface area contributed by atoms with E-state index in [1.807, 2.05) is 16.4 Å². The van der Waals surface area contributed by atoms with Crippen LogP contribution in [-0.4, -0.2) is 57.8 Å². The van der Waals surface area contributed by atoms with Gasteiger partial charge in [0.05, 0.1) is 19.8 Å². The van der Waals surface area contributed by atoms with Crippen LogP contribution < -0.4 is 0 Å². The van der Waals surface area contributed by atoms with Gasteiger partial charge in [-0.05, 0) is 15.9 Å². The summed E-state index contributed by atoms with van der Waals surface area (Å²) in [5.74, 6) is 0. The van der Waals surface area contributed by atoms with E-state index in [0.29, 0.717) is 9.98 Å². The SMILES string of the molecule is Brc1nc2n(n1)CC(CN1CCOCC1)S2. The van der Waals surface area contributed by atoms with Gasteiger partial charge in [0.15, 0.2) is 5.16 Å². The van der Waals surface area contributed by atoms with E-state index in [9.17, 15) is 0 Å². The van der Waals surface area contributed by atoms with Crippen LogP contribution in [0.5, 0.6) is 0 Å². The van der Waals surface area contributed by atoms with Crippen LogP contribution in [0.2, 0.25) is 0 Å². The summed E-state index contributed by atoms with van der Waals surface area (Å²) in [4.78, 5) is 6.78. The molecule has 0 radical (unpaired) electrons. The van der Waals surface area contributed by atoms with Crippen LogP contribution in [0.25, 0.3) is 0 Å². The third-order valence-electron chi connectivity index (χ3n) is 2.83. The molecule has 88 valence electrons. The normalized spacial score (nSPS) is 25.9. The second-order valence-electron chi connectivity index (χ2n) is 4.00. The van der Waals surface area contributed by atoms with Gasteiger partial charge in [0.1, 0.15) is 0 Å². The van der Waals surface area contributed by atoms with Crippen molar-refractivity contribution >= 4 is 27.7 Å². The molecule has 0 N–H and O–H groups in total. The number of hydrogen-bond acceptors (Lipinski definition) is 5. The van der Waals surface area contributed by atoms with Crippen LogP contribution in [0.3, 0.4) is 0 Å². The smallest absolute Gasteiger partial charge is 0.218 e. The van der Waals surface area contributed by atoms with E-state index in [2.05, 4.69) is 30.9 Å². The Balaban J connectivity index is 1.57. The summed E-state index contributed by atoms with van der Waals surface area (Å²) in [6.07, 6.45) is 0. The fraction of sp³-hybridized carbons (Fsp3) is 0.778. The van der Waals surface area contributed by atoms with E-state index in [0.717, 1.165) is 44.5 Å². The van der Waals surface area contributed by atoms with E-state index in [1.165, 1.54) is 0 Å². The minimum absolute atomic E-state index is 0.584. The van der Waals surface area contributed by atoms with Gasteiger partial charge in [-0.2, -0.15) is 4.98 Å². The Bertz CT molecular complexity index is 356. The van der Waals surface area contributed by atoms with Crippen molar-refractivity contribution in [2.45, 2.75) is 17.0 Å². The first-order valence-electron chi connectivity index (χ1n) is 5.38. The zero-order valence-electron chi connectivity index (χ0n) is 8.80. The molecule has 0 spiro atoms. The molecule has 1 unspecified atom stereocenters. The minimum atomic E-state index is 0.584. The summed E-state index contributed by atoms with van der Waals surface area (Å²) in [5.41, 5.74) is 0. The molecule has 5 nitrogen and oxygen atoms in total. The van der Waals surface area contributed by atoms with Crippen molar-refractivity contribution < 1.29 is 4.74 Å². The topological polar surface area (TPSA) is 43.2 Å². The molecule has 7 heteroatoms. The molecular formula is C9H13BrN4OS. The number of ether oxygens (including phenoxy) is 1. The number of aromatic nitrogens is 3. The Morgan fingerprint density at radius 3 is 3.00 bits per heavy atom. The highest BCUT2D eigenvalue weighted by atomic mass is 79.9. The van der Waals surface area contributed by atoms with Gasteiger partial charge in [0, 0.05) is 24.9 Å². The van der Waals surface area contributed by atoms with Crippen LogP contribution in [0.1, 0.15) is 0 Å². The van der Waals surface area contributed by atoms with Crippen LogP contribution in [0, 0.1) is 0 Å². The molecule has 0 aromatic carbocycles. The number of thioether (sulfide) groups is 1. The van der Waals surface area contributed by atoms with Gasteiger partial charge in [0.2, 0.25) is 4.73 Å². The Morgan fingerprint density at radius 1 is 1.44 bits per heavy atom. The fourth-order valence-electron chi connectivity index (χ4n) is 2.05. The van der Waals surface area contributed by atoms with Gasteiger partial charge in [0.25, 0.3) is 0 Å². The number of halogens is 1.